The lowest BCUT2D eigenvalue weighted by Crippen LogP contribution is -2.42. The van der Waals surface area contributed by atoms with Gasteiger partial charge in [-0.3, -0.25) is 9.59 Å². The van der Waals surface area contributed by atoms with Gasteiger partial charge in [0, 0.05) is 18.5 Å². The Hall–Kier alpha value is -1.07. The number of carbonyl (C=O) groups is 2. The predicted molar refractivity (Wildman–Crippen MR) is 78.3 cm³/mol. The summed E-state index contributed by atoms with van der Waals surface area (Å²) in [6.45, 7) is 7.90. The first-order valence-electron chi connectivity index (χ1n) is 6.33. The van der Waals surface area contributed by atoms with Crippen LogP contribution >= 0.6 is 12.4 Å². The van der Waals surface area contributed by atoms with E-state index >= 15 is 0 Å². The first-order chi connectivity index (χ1) is 8.39. The standard InChI is InChI=1S/C13H23N3O2.ClH/c1-13(2,3)12(18)16-9-11(17)15-8-10-4-6-14-7-5-10;/h4,14H,5-9H2,1-3H3,(H,15,17)(H,16,18);1H. The molecule has 1 rings (SSSR count). The maximum absolute atomic E-state index is 11.6. The molecule has 3 N–H and O–H groups in total. The summed E-state index contributed by atoms with van der Waals surface area (Å²) >= 11 is 0. The third kappa shape index (κ3) is 7.18. The van der Waals surface area contributed by atoms with Crippen molar-refractivity contribution >= 4 is 24.2 Å². The third-order valence-electron chi connectivity index (χ3n) is 2.76. The molecule has 0 aromatic rings. The second-order valence-electron chi connectivity index (χ2n) is 5.53. The molecule has 0 atom stereocenters. The van der Waals surface area contributed by atoms with E-state index in [0.717, 1.165) is 19.5 Å². The zero-order valence-electron chi connectivity index (χ0n) is 11.8. The summed E-state index contributed by atoms with van der Waals surface area (Å²) < 4.78 is 0. The van der Waals surface area contributed by atoms with Crippen LogP contribution in [0.2, 0.25) is 0 Å². The summed E-state index contributed by atoms with van der Waals surface area (Å²) in [5.74, 6) is -0.259. The largest absolute Gasteiger partial charge is 0.351 e. The number of hydrogen-bond acceptors (Lipinski definition) is 3. The fourth-order valence-electron chi connectivity index (χ4n) is 1.53. The van der Waals surface area contributed by atoms with Crippen molar-refractivity contribution in [2.24, 2.45) is 5.41 Å². The topological polar surface area (TPSA) is 70.2 Å². The molecule has 0 aliphatic carbocycles. The summed E-state index contributed by atoms with van der Waals surface area (Å²) in [5, 5.41) is 8.65. The van der Waals surface area contributed by atoms with Crippen molar-refractivity contribution in [2.45, 2.75) is 27.2 Å². The molecule has 110 valence electrons. The van der Waals surface area contributed by atoms with Crippen molar-refractivity contribution in [2.75, 3.05) is 26.2 Å². The minimum Gasteiger partial charge on any atom is -0.351 e. The lowest BCUT2D eigenvalue weighted by molar-refractivity contribution is -0.131. The van der Waals surface area contributed by atoms with Gasteiger partial charge in [0.2, 0.25) is 11.8 Å². The quantitative estimate of drug-likeness (QED) is 0.664. The molecule has 19 heavy (non-hydrogen) atoms. The number of hydrogen-bond donors (Lipinski definition) is 3. The molecule has 0 aromatic heterocycles. The molecule has 1 aliphatic heterocycles. The van der Waals surface area contributed by atoms with Crippen LogP contribution in [0.1, 0.15) is 27.2 Å². The van der Waals surface area contributed by atoms with E-state index in [1.807, 2.05) is 20.8 Å². The van der Waals surface area contributed by atoms with Crippen molar-refractivity contribution in [1.82, 2.24) is 16.0 Å². The van der Waals surface area contributed by atoms with Crippen LogP contribution in [-0.4, -0.2) is 38.0 Å². The number of rotatable bonds is 4. The lowest BCUT2D eigenvalue weighted by atomic mass is 9.96. The molecule has 6 heteroatoms. The van der Waals surface area contributed by atoms with Crippen molar-refractivity contribution in [3.63, 3.8) is 0 Å². The Morgan fingerprint density at radius 3 is 2.53 bits per heavy atom. The van der Waals surface area contributed by atoms with E-state index in [0.29, 0.717) is 6.54 Å². The van der Waals surface area contributed by atoms with Crippen LogP contribution in [-0.2, 0) is 9.59 Å². The monoisotopic (exact) mass is 289 g/mol. The molecule has 0 fully saturated rings. The summed E-state index contributed by atoms with van der Waals surface area (Å²) in [4.78, 5) is 23.1. The van der Waals surface area contributed by atoms with Gasteiger partial charge in [-0.05, 0) is 13.0 Å². The zero-order valence-corrected chi connectivity index (χ0v) is 12.7. The van der Waals surface area contributed by atoms with Gasteiger partial charge in [0.05, 0.1) is 6.54 Å². The second-order valence-corrected chi connectivity index (χ2v) is 5.53. The van der Waals surface area contributed by atoms with E-state index in [4.69, 9.17) is 0 Å². The Bertz CT molecular complexity index is 348. The molecule has 5 nitrogen and oxygen atoms in total. The lowest BCUT2D eigenvalue weighted by Gasteiger charge is -2.18. The van der Waals surface area contributed by atoms with Crippen molar-refractivity contribution in [3.05, 3.63) is 11.6 Å². The van der Waals surface area contributed by atoms with Crippen LogP contribution < -0.4 is 16.0 Å². The molecule has 0 saturated heterocycles. The molecular formula is C13H24ClN3O2. The number of amides is 2. The first-order valence-corrected chi connectivity index (χ1v) is 6.33. The van der Waals surface area contributed by atoms with Gasteiger partial charge in [-0.1, -0.05) is 32.4 Å². The molecule has 0 spiro atoms. The third-order valence-corrected chi connectivity index (χ3v) is 2.76. The van der Waals surface area contributed by atoms with Crippen LogP contribution in [0.4, 0.5) is 0 Å². The van der Waals surface area contributed by atoms with Gasteiger partial charge < -0.3 is 16.0 Å². The van der Waals surface area contributed by atoms with Crippen LogP contribution in [0.15, 0.2) is 11.6 Å². The summed E-state index contributed by atoms with van der Waals surface area (Å²) in [6.07, 6.45) is 3.06. The highest BCUT2D eigenvalue weighted by Gasteiger charge is 2.21. The SMILES string of the molecule is CC(C)(C)C(=O)NCC(=O)NCC1=CCNCC1.Cl. The smallest absolute Gasteiger partial charge is 0.239 e. The van der Waals surface area contributed by atoms with E-state index in [9.17, 15) is 9.59 Å². The highest BCUT2D eigenvalue weighted by atomic mass is 35.5. The van der Waals surface area contributed by atoms with Gasteiger partial charge >= 0.3 is 0 Å². The molecule has 0 saturated carbocycles. The van der Waals surface area contributed by atoms with Crippen LogP contribution in [0.25, 0.3) is 0 Å². The number of halogens is 1. The van der Waals surface area contributed by atoms with E-state index in [-0.39, 0.29) is 30.8 Å². The Balaban J connectivity index is 0.00000324. The minimum atomic E-state index is -0.460. The molecule has 0 bridgehead atoms. The summed E-state index contributed by atoms with van der Waals surface area (Å²) in [7, 11) is 0. The van der Waals surface area contributed by atoms with E-state index < -0.39 is 5.41 Å². The predicted octanol–water partition coefficient (Wildman–Crippen LogP) is 0.606. The average Bonchev–Trinajstić information content (AvgIpc) is 2.33. The van der Waals surface area contributed by atoms with Crippen molar-refractivity contribution < 1.29 is 9.59 Å². The highest BCUT2D eigenvalue weighted by molar-refractivity contribution is 5.87. The van der Waals surface area contributed by atoms with E-state index in [2.05, 4.69) is 22.0 Å². The van der Waals surface area contributed by atoms with Gasteiger partial charge in [0.25, 0.3) is 0 Å². The highest BCUT2D eigenvalue weighted by Crippen LogP contribution is 2.11. The van der Waals surface area contributed by atoms with E-state index in [1.54, 1.807) is 0 Å². The van der Waals surface area contributed by atoms with Gasteiger partial charge in [-0.25, -0.2) is 0 Å². The van der Waals surface area contributed by atoms with Gasteiger partial charge in [-0.15, -0.1) is 12.4 Å². The molecule has 1 aliphatic rings. The Morgan fingerprint density at radius 2 is 2.00 bits per heavy atom. The van der Waals surface area contributed by atoms with Crippen LogP contribution in [0.3, 0.4) is 0 Å². The number of carbonyl (C=O) groups excluding carboxylic acids is 2. The van der Waals surface area contributed by atoms with Crippen LogP contribution in [0, 0.1) is 5.41 Å². The summed E-state index contributed by atoms with van der Waals surface area (Å²) in [6, 6.07) is 0. The maximum atomic E-state index is 11.6. The second kappa shape index (κ2) is 8.17. The fraction of sp³-hybridized carbons (Fsp3) is 0.692. The van der Waals surface area contributed by atoms with E-state index in [1.165, 1.54) is 5.57 Å². The minimum absolute atomic E-state index is 0. The molecule has 0 radical (unpaired) electrons. The van der Waals surface area contributed by atoms with Gasteiger partial charge in [0.1, 0.15) is 0 Å². The Kier molecular flexibility index (Phi) is 7.71. The Morgan fingerprint density at radius 1 is 1.32 bits per heavy atom. The normalized spacial score (nSPS) is 15.0. The molecule has 2 amide bonds. The fourth-order valence-corrected chi connectivity index (χ4v) is 1.53. The molecule has 1 heterocycles. The van der Waals surface area contributed by atoms with Crippen molar-refractivity contribution in [1.29, 1.82) is 0 Å². The maximum Gasteiger partial charge on any atom is 0.239 e. The summed E-state index contributed by atoms with van der Waals surface area (Å²) in [5.41, 5.74) is 0.780. The molecular weight excluding hydrogens is 266 g/mol. The number of nitrogens with one attached hydrogen (secondary N) is 3. The Labute approximate surface area is 121 Å². The molecule has 0 unspecified atom stereocenters. The first kappa shape index (κ1) is 17.9. The average molecular weight is 290 g/mol. The van der Waals surface area contributed by atoms with Crippen LogP contribution in [0.5, 0.6) is 0 Å². The van der Waals surface area contributed by atoms with Crippen molar-refractivity contribution in [3.8, 4) is 0 Å². The van der Waals surface area contributed by atoms with Gasteiger partial charge in [-0.2, -0.15) is 0 Å². The molecule has 0 aromatic carbocycles. The van der Waals surface area contributed by atoms with Gasteiger partial charge in [0.15, 0.2) is 0 Å². The zero-order chi connectivity index (χ0) is 13.6.